The highest BCUT2D eigenvalue weighted by Gasteiger charge is 2.18. The molecule has 130 valence electrons. The predicted octanol–water partition coefficient (Wildman–Crippen LogP) is 2.91. The topological polar surface area (TPSA) is 73.3 Å². The third-order valence-electron chi connectivity index (χ3n) is 3.98. The van der Waals surface area contributed by atoms with Crippen LogP contribution in [-0.2, 0) is 11.2 Å². The number of benzene rings is 1. The Bertz CT molecular complexity index is 725. The molecule has 0 saturated carbocycles. The van der Waals surface area contributed by atoms with Gasteiger partial charge in [-0.2, -0.15) is 0 Å². The second kappa shape index (κ2) is 8.39. The average Bonchev–Trinajstić information content (AvgIpc) is 2.65. The molecule has 0 radical (unpaired) electrons. The van der Waals surface area contributed by atoms with Crippen LogP contribution in [0.5, 0.6) is 11.6 Å². The molecule has 2 heterocycles. The van der Waals surface area contributed by atoms with Crippen LogP contribution >= 0.6 is 0 Å². The fourth-order valence-electron chi connectivity index (χ4n) is 2.64. The van der Waals surface area contributed by atoms with Gasteiger partial charge in [-0.1, -0.05) is 24.3 Å². The molecule has 0 atom stereocenters. The van der Waals surface area contributed by atoms with Crippen LogP contribution in [0.2, 0.25) is 0 Å². The summed E-state index contributed by atoms with van der Waals surface area (Å²) in [6.07, 6.45) is 4.16. The molecule has 0 aliphatic carbocycles. The monoisotopic (exact) mass is 339 g/mol. The van der Waals surface area contributed by atoms with E-state index in [2.05, 4.69) is 22.1 Å². The smallest absolute Gasteiger partial charge is 0.272 e. The van der Waals surface area contributed by atoms with Crippen molar-refractivity contribution in [3.63, 3.8) is 0 Å². The maximum Gasteiger partial charge on any atom is 0.272 e. The molecule has 1 aliphatic rings. The number of aromatic nitrogens is 2. The molecule has 6 heteroatoms. The molecular weight excluding hydrogens is 318 g/mol. The Balaban J connectivity index is 1.64. The molecule has 1 aliphatic heterocycles. The third-order valence-corrected chi connectivity index (χ3v) is 3.98. The van der Waals surface area contributed by atoms with E-state index < -0.39 is 0 Å². The van der Waals surface area contributed by atoms with Gasteiger partial charge in [-0.15, -0.1) is 16.8 Å². The maximum absolute atomic E-state index is 12.2. The van der Waals surface area contributed by atoms with E-state index in [1.54, 1.807) is 12.1 Å². The van der Waals surface area contributed by atoms with Gasteiger partial charge in [0, 0.05) is 25.3 Å². The average molecular weight is 339 g/mol. The molecule has 0 bridgehead atoms. The van der Waals surface area contributed by atoms with E-state index in [0.717, 1.165) is 18.4 Å². The highest BCUT2D eigenvalue weighted by molar-refractivity contribution is 5.92. The number of nitrogens with zero attached hydrogens (tertiary/aromatic N) is 2. The molecule has 1 saturated heterocycles. The molecule has 2 aromatic rings. The van der Waals surface area contributed by atoms with E-state index in [1.807, 2.05) is 30.3 Å². The van der Waals surface area contributed by atoms with Crippen molar-refractivity contribution in [1.29, 1.82) is 0 Å². The van der Waals surface area contributed by atoms with Crippen LogP contribution in [0.1, 0.15) is 28.9 Å². The zero-order valence-corrected chi connectivity index (χ0v) is 14.0. The molecule has 1 N–H and O–H groups in total. The number of nitrogens with one attached hydrogen (secondary N) is 1. The van der Waals surface area contributed by atoms with Crippen molar-refractivity contribution in [2.45, 2.75) is 25.3 Å². The van der Waals surface area contributed by atoms with E-state index in [1.165, 1.54) is 0 Å². The first-order valence-electron chi connectivity index (χ1n) is 8.35. The van der Waals surface area contributed by atoms with Crippen LogP contribution in [0.3, 0.4) is 0 Å². The Labute approximate surface area is 146 Å². The van der Waals surface area contributed by atoms with Gasteiger partial charge in [0.15, 0.2) is 5.69 Å². The number of ether oxygens (including phenoxy) is 2. The van der Waals surface area contributed by atoms with E-state index in [0.29, 0.717) is 31.3 Å². The second-order valence-electron chi connectivity index (χ2n) is 5.82. The van der Waals surface area contributed by atoms with E-state index in [9.17, 15) is 4.79 Å². The highest BCUT2D eigenvalue weighted by atomic mass is 16.5. The molecule has 6 nitrogen and oxygen atoms in total. The van der Waals surface area contributed by atoms with Crippen LogP contribution in [0.15, 0.2) is 49.1 Å². The fraction of sp³-hybridized carbons (Fsp3) is 0.316. The van der Waals surface area contributed by atoms with Crippen molar-refractivity contribution < 1.29 is 14.3 Å². The highest BCUT2D eigenvalue weighted by Crippen LogP contribution is 2.24. The number of amides is 1. The number of carbonyl (C=O) groups excluding carboxylic acids is 1. The van der Waals surface area contributed by atoms with Crippen LogP contribution in [0.4, 0.5) is 0 Å². The summed E-state index contributed by atoms with van der Waals surface area (Å²) in [6, 6.07) is 11.1. The van der Waals surface area contributed by atoms with Crippen molar-refractivity contribution in [3.8, 4) is 11.6 Å². The number of para-hydroxylation sites is 1. The molecule has 1 amide bonds. The van der Waals surface area contributed by atoms with Crippen LogP contribution < -0.4 is 10.1 Å². The minimum atomic E-state index is -0.224. The number of hydrogen-bond acceptors (Lipinski definition) is 5. The first-order chi connectivity index (χ1) is 12.3. The third kappa shape index (κ3) is 4.64. The van der Waals surface area contributed by atoms with Crippen molar-refractivity contribution in [2.75, 3.05) is 13.2 Å². The van der Waals surface area contributed by atoms with Gasteiger partial charge in [0.05, 0.1) is 0 Å². The lowest BCUT2D eigenvalue weighted by Crippen LogP contribution is -2.39. The summed E-state index contributed by atoms with van der Waals surface area (Å²) >= 11 is 0. The lowest BCUT2D eigenvalue weighted by Gasteiger charge is -2.22. The molecule has 1 aromatic carbocycles. The van der Waals surface area contributed by atoms with Crippen molar-refractivity contribution in [3.05, 3.63) is 60.3 Å². The summed E-state index contributed by atoms with van der Waals surface area (Å²) in [5.74, 6) is 0.827. The summed E-state index contributed by atoms with van der Waals surface area (Å²) in [4.78, 5) is 12.2. The van der Waals surface area contributed by atoms with Crippen molar-refractivity contribution in [2.24, 2.45) is 0 Å². The van der Waals surface area contributed by atoms with Crippen LogP contribution in [0, 0.1) is 0 Å². The summed E-state index contributed by atoms with van der Waals surface area (Å²) in [5, 5.41) is 10.9. The summed E-state index contributed by atoms with van der Waals surface area (Å²) in [5.41, 5.74) is 1.29. The summed E-state index contributed by atoms with van der Waals surface area (Å²) < 4.78 is 11.1. The Kier molecular flexibility index (Phi) is 5.74. The molecule has 0 spiro atoms. The number of carbonyl (C=O) groups is 1. The van der Waals surface area contributed by atoms with Crippen LogP contribution in [0.25, 0.3) is 0 Å². The Hall–Kier alpha value is -2.73. The van der Waals surface area contributed by atoms with Gasteiger partial charge in [0.25, 0.3) is 5.91 Å². The van der Waals surface area contributed by atoms with Crippen molar-refractivity contribution in [1.82, 2.24) is 15.5 Å². The van der Waals surface area contributed by atoms with Gasteiger partial charge in [-0.05, 0) is 37.0 Å². The van der Waals surface area contributed by atoms with Gasteiger partial charge in [-0.25, -0.2) is 0 Å². The minimum absolute atomic E-state index is 0.129. The first kappa shape index (κ1) is 17.1. The van der Waals surface area contributed by atoms with Gasteiger partial charge in [0.1, 0.15) is 5.75 Å². The lowest BCUT2D eigenvalue weighted by atomic mass is 10.1. The quantitative estimate of drug-likeness (QED) is 0.819. The SMILES string of the molecule is C=CCc1ccccc1Oc1ccc(C(=O)NC2CCOCC2)nn1. The normalized spacial score (nSPS) is 14.7. The molecule has 1 fully saturated rings. The van der Waals surface area contributed by atoms with E-state index >= 15 is 0 Å². The Morgan fingerprint density at radius 2 is 2.04 bits per heavy atom. The largest absolute Gasteiger partial charge is 0.437 e. The summed E-state index contributed by atoms with van der Waals surface area (Å²) in [6.45, 7) is 5.10. The zero-order valence-electron chi connectivity index (χ0n) is 14.0. The number of rotatable bonds is 6. The van der Waals surface area contributed by atoms with Gasteiger partial charge in [0.2, 0.25) is 5.88 Å². The molecule has 0 unspecified atom stereocenters. The minimum Gasteiger partial charge on any atom is -0.437 e. The second-order valence-corrected chi connectivity index (χ2v) is 5.82. The summed E-state index contributed by atoms with van der Waals surface area (Å²) in [7, 11) is 0. The van der Waals surface area contributed by atoms with Gasteiger partial charge in [-0.3, -0.25) is 4.79 Å². The first-order valence-corrected chi connectivity index (χ1v) is 8.35. The maximum atomic E-state index is 12.2. The Morgan fingerprint density at radius 1 is 1.24 bits per heavy atom. The predicted molar refractivity (Wildman–Crippen MR) is 93.8 cm³/mol. The van der Waals surface area contributed by atoms with Gasteiger partial charge < -0.3 is 14.8 Å². The van der Waals surface area contributed by atoms with E-state index in [4.69, 9.17) is 9.47 Å². The Morgan fingerprint density at radius 3 is 2.76 bits per heavy atom. The standard InChI is InChI=1S/C19H21N3O3/c1-2-5-14-6-3-4-7-17(14)25-18-9-8-16(21-22-18)19(23)20-15-10-12-24-13-11-15/h2-4,6-9,15H,1,5,10-13H2,(H,20,23). The molecule has 25 heavy (non-hydrogen) atoms. The van der Waals surface area contributed by atoms with E-state index in [-0.39, 0.29) is 17.6 Å². The molecular formula is C19H21N3O3. The molecule has 3 rings (SSSR count). The molecule has 1 aromatic heterocycles. The lowest BCUT2D eigenvalue weighted by molar-refractivity contribution is 0.0693. The fourth-order valence-corrected chi connectivity index (χ4v) is 2.64. The zero-order chi connectivity index (χ0) is 17.5. The van der Waals surface area contributed by atoms with Crippen molar-refractivity contribution >= 4 is 5.91 Å². The number of hydrogen-bond donors (Lipinski definition) is 1. The number of allylic oxidation sites excluding steroid dienone is 1. The van der Waals surface area contributed by atoms with Gasteiger partial charge >= 0.3 is 0 Å². The van der Waals surface area contributed by atoms with Crippen LogP contribution in [-0.4, -0.2) is 35.4 Å².